The Morgan fingerprint density at radius 3 is 2.75 bits per heavy atom. The van der Waals surface area contributed by atoms with E-state index in [0.29, 0.717) is 12.4 Å². The van der Waals surface area contributed by atoms with Gasteiger partial charge in [-0.2, -0.15) is 0 Å². The average molecular weight is 345 g/mol. The van der Waals surface area contributed by atoms with Gasteiger partial charge >= 0.3 is 0 Å². The molecule has 24 heavy (non-hydrogen) atoms. The Kier molecular flexibility index (Phi) is 4.71. The molecule has 3 aromatic rings. The molecule has 0 unspecified atom stereocenters. The first-order valence-electron chi connectivity index (χ1n) is 7.39. The lowest BCUT2D eigenvalue weighted by atomic mass is 10.2. The van der Waals surface area contributed by atoms with Gasteiger partial charge in [-0.1, -0.05) is 12.1 Å². The van der Waals surface area contributed by atoms with E-state index < -0.39 is 0 Å². The Balaban J connectivity index is 1.61. The highest BCUT2D eigenvalue weighted by atomic mass is 32.1. The van der Waals surface area contributed by atoms with Crippen molar-refractivity contribution >= 4 is 27.5 Å². The summed E-state index contributed by atoms with van der Waals surface area (Å²) in [5.74, 6) is -0.155. The minimum atomic E-state index is -0.303. The largest absolute Gasteiger partial charge is 0.467 e. The van der Waals surface area contributed by atoms with Crippen LogP contribution in [-0.4, -0.2) is 22.5 Å². The van der Waals surface area contributed by atoms with Crippen molar-refractivity contribution in [1.82, 2.24) is 15.3 Å². The Morgan fingerprint density at radius 2 is 2.00 bits per heavy atom. The van der Waals surface area contributed by atoms with Crippen molar-refractivity contribution in [2.75, 3.05) is 6.61 Å². The first-order valence-corrected chi connectivity index (χ1v) is 8.21. The van der Waals surface area contributed by atoms with Gasteiger partial charge in [0.05, 0.1) is 5.39 Å². The number of rotatable bonds is 5. The number of fused-ring (bicyclic) bond motifs is 1. The molecule has 0 aliphatic heterocycles. The molecule has 0 radical (unpaired) electrons. The number of ether oxygens (including phenoxy) is 1. The molecule has 0 fully saturated rings. The third kappa shape index (κ3) is 3.51. The van der Waals surface area contributed by atoms with Crippen LogP contribution >= 0.6 is 11.3 Å². The number of aryl methyl sites for hydroxylation is 2. The van der Waals surface area contributed by atoms with Gasteiger partial charge in [-0.3, -0.25) is 4.79 Å². The molecule has 3 rings (SSSR count). The molecular weight excluding hydrogens is 329 g/mol. The minimum Gasteiger partial charge on any atom is -0.467 e. The van der Waals surface area contributed by atoms with Gasteiger partial charge in [0.1, 0.15) is 17.0 Å². The van der Waals surface area contributed by atoms with Crippen molar-refractivity contribution in [2.45, 2.75) is 20.4 Å². The van der Waals surface area contributed by atoms with E-state index in [1.54, 1.807) is 23.5 Å². The molecule has 0 saturated carbocycles. The topological polar surface area (TPSA) is 64.1 Å². The number of aromatic nitrogens is 2. The summed E-state index contributed by atoms with van der Waals surface area (Å²) in [6, 6.07) is 5.97. The van der Waals surface area contributed by atoms with Crippen molar-refractivity contribution in [3.8, 4) is 5.88 Å². The first kappa shape index (κ1) is 16.3. The molecule has 0 aliphatic carbocycles. The van der Waals surface area contributed by atoms with E-state index in [1.807, 2.05) is 13.8 Å². The summed E-state index contributed by atoms with van der Waals surface area (Å²) < 4.78 is 18.4. The molecule has 0 spiro atoms. The van der Waals surface area contributed by atoms with Crippen molar-refractivity contribution in [1.29, 1.82) is 0 Å². The molecule has 0 bridgehead atoms. The van der Waals surface area contributed by atoms with Gasteiger partial charge in [0.15, 0.2) is 6.61 Å². The van der Waals surface area contributed by atoms with E-state index >= 15 is 0 Å². The monoisotopic (exact) mass is 345 g/mol. The summed E-state index contributed by atoms with van der Waals surface area (Å²) >= 11 is 1.57. The summed E-state index contributed by atoms with van der Waals surface area (Å²) in [4.78, 5) is 22.3. The van der Waals surface area contributed by atoms with Gasteiger partial charge in [0.25, 0.3) is 5.91 Å². The highest BCUT2D eigenvalue weighted by Crippen LogP contribution is 2.33. The van der Waals surface area contributed by atoms with Gasteiger partial charge in [-0.15, -0.1) is 11.3 Å². The molecule has 2 heterocycles. The molecule has 0 saturated heterocycles. The van der Waals surface area contributed by atoms with E-state index in [1.165, 1.54) is 18.5 Å². The Morgan fingerprint density at radius 1 is 1.25 bits per heavy atom. The number of nitrogens with zero attached hydrogens (tertiary/aromatic N) is 2. The summed E-state index contributed by atoms with van der Waals surface area (Å²) in [7, 11) is 0. The maximum atomic E-state index is 12.8. The zero-order valence-corrected chi connectivity index (χ0v) is 14.1. The maximum Gasteiger partial charge on any atom is 0.258 e. The number of nitrogens with one attached hydrogen (secondary N) is 1. The molecule has 2 aromatic heterocycles. The molecule has 0 atom stereocenters. The second-order valence-electron chi connectivity index (χ2n) is 5.33. The lowest BCUT2D eigenvalue weighted by Crippen LogP contribution is -2.28. The van der Waals surface area contributed by atoms with Crippen molar-refractivity contribution in [3.63, 3.8) is 0 Å². The van der Waals surface area contributed by atoms with Crippen molar-refractivity contribution < 1.29 is 13.9 Å². The van der Waals surface area contributed by atoms with Crippen LogP contribution in [0.25, 0.3) is 10.2 Å². The second-order valence-corrected chi connectivity index (χ2v) is 6.54. The number of hydrogen-bond donors (Lipinski definition) is 1. The lowest BCUT2D eigenvalue weighted by molar-refractivity contribution is -0.123. The Labute approximate surface area is 142 Å². The van der Waals surface area contributed by atoms with Crippen LogP contribution in [-0.2, 0) is 11.3 Å². The third-order valence-corrected chi connectivity index (χ3v) is 4.79. The number of benzene rings is 1. The predicted molar refractivity (Wildman–Crippen MR) is 90.6 cm³/mol. The smallest absolute Gasteiger partial charge is 0.258 e. The van der Waals surface area contributed by atoms with Gasteiger partial charge in [-0.25, -0.2) is 14.4 Å². The summed E-state index contributed by atoms with van der Waals surface area (Å²) in [6.07, 6.45) is 1.43. The number of thiophene rings is 1. The number of carbonyl (C=O) groups excluding carboxylic acids is 1. The van der Waals surface area contributed by atoms with Crippen LogP contribution in [0.15, 0.2) is 30.6 Å². The molecule has 1 aromatic carbocycles. The summed E-state index contributed by atoms with van der Waals surface area (Å²) in [5, 5.41) is 3.58. The van der Waals surface area contributed by atoms with Crippen LogP contribution in [0, 0.1) is 19.7 Å². The van der Waals surface area contributed by atoms with E-state index in [-0.39, 0.29) is 18.3 Å². The van der Waals surface area contributed by atoms with Gasteiger partial charge in [0, 0.05) is 11.4 Å². The summed E-state index contributed by atoms with van der Waals surface area (Å²) in [5.41, 5.74) is 1.89. The molecule has 0 aliphatic rings. The molecule has 7 heteroatoms. The van der Waals surface area contributed by atoms with Crippen molar-refractivity contribution in [2.24, 2.45) is 0 Å². The fourth-order valence-electron chi connectivity index (χ4n) is 2.25. The van der Waals surface area contributed by atoms with Gasteiger partial charge < -0.3 is 10.1 Å². The fraction of sp³-hybridized carbons (Fsp3) is 0.235. The molecular formula is C17H16FN3O2S. The van der Waals surface area contributed by atoms with Crippen LogP contribution in [0.4, 0.5) is 4.39 Å². The van der Waals surface area contributed by atoms with Crippen LogP contribution < -0.4 is 10.1 Å². The van der Waals surface area contributed by atoms with Gasteiger partial charge in [0.2, 0.25) is 5.88 Å². The molecule has 1 N–H and O–H groups in total. The predicted octanol–water partition coefficient (Wildman–Crippen LogP) is 3.14. The van der Waals surface area contributed by atoms with E-state index in [2.05, 4.69) is 15.3 Å². The fourth-order valence-corrected chi connectivity index (χ4v) is 3.23. The van der Waals surface area contributed by atoms with E-state index in [9.17, 15) is 9.18 Å². The molecule has 5 nitrogen and oxygen atoms in total. The maximum absolute atomic E-state index is 12.8. The summed E-state index contributed by atoms with van der Waals surface area (Å²) in [6.45, 7) is 4.18. The van der Waals surface area contributed by atoms with Gasteiger partial charge in [-0.05, 0) is 37.1 Å². The second kappa shape index (κ2) is 6.92. The van der Waals surface area contributed by atoms with Crippen LogP contribution in [0.2, 0.25) is 0 Å². The van der Waals surface area contributed by atoms with Crippen LogP contribution in [0.3, 0.4) is 0 Å². The van der Waals surface area contributed by atoms with Crippen LogP contribution in [0.1, 0.15) is 16.0 Å². The van der Waals surface area contributed by atoms with Crippen LogP contribution in [0.5, 0.6) is 5.88 Å². The number of halogens is 1. The number of amides is 1. The zero-order chi connectivity index (χ0) is 17.1. The number of carbonyl (C=O) groups is 1. The Hall–Kier alpha value is -2.54. The highest BCUT2D eigenvalue weighted by molar-refractivity contribution is 7.18. The van der Waals surface area contributed by atoms with Crippen molar-refractivity contribution in [3.05, 3.63) is 52.4 Å². The quantitative estimate of drug-likeness (QED) is 0.772. The van der Waals surface area contributed by atoms with E-state index in [4.69, 9.17) is 4.74 Å². The number of hydrogen-bond acceptors (Lipinski definition) is 5. The van der Waals surface area contributed by atoms with E-state index in [0.717, 1.165) is 26.2 Å². The highest BCUT2D eigenvalue weighted by Gasteiger charge is 2.14. The molecule has 124 valence electrons. The zero-order valence-electron chi connectivity index (χ0n) is 13.3. The SMILES string of the molecule is Cc1sc2ncnc(OCC(=O)NCc3ccc(F)cc3)c2c1C. The Bertz CT molecular complexity index is 877. The normalized spacial score (nSPS) is 10.8. The minimum absolute atomic E-state index is 0.137. The standard InChI is InChI=1S/C17H16FN3O2S/c1-10-11(2)24-17-15(10)16(20-9-21-17)23-8-14(22)19-7-12-3-5-13(18)6-4-12/h3-6,9H,7-8H2,1-2H3,(H,19,22). The first-order chi connectivity index (χ1) is 11.5. The lowest BCUT2D eigenvalue weighted by Gasteiger charge is -2.08. The third-order valence-electron chi connectivity index (χ3n) is 3.67. The average Bonchev–Trinajstić information content (AvgIpc) is 2.87. The molecule has 1 amide bonds.